The summed E-state index contributed by atoms with van der Waals surface area (Å²) in [5, 5.41) is 4.61. The van der Waals surface area contributed by atoms with Crippen molar-refractivity contribution in [2.24, 2.45) is 13.0 Å². The van der Waals surface area contributed by atoms with Gasteiger partial charge in [0.1, 0.15) is 5.52 Å². The topological polar surface area (TPSA) is 73.3 Å². The Morgan fingerprint density at radius 1 is 1.14 bits per heavy atom. The van der Waals surface area contributed by atoms with Crippen LogP contribution >= 0.6 is 0 Å². The molecule has 162 valence electrons. The molecular weight excluding hydrogens is 366 g/mol. The zero-order valence-electron chi connectivity index (χ0n) is 19.1. The van der Waals surface area contributed by atoms with E-state index in [2.05, 4.69) is 66.4 Å². The summed E-state index contributed by atoms with van der Waals surface area (Å²) in [6.07, 6.45) is 0. The first-order valence-corrected chi connectivity index (χ1v) is 10.7. The first-order chi connectivity index (χ1) is 13.6. The molecule has 1 fully saturated rings. The second kappa shape index (κ2) is 8.44. The van der Waals surface area contributed by atoms with E-state index in [1.165, 1.54) is 0 Å². The standard InChI is InChI=1S/C21H37N7O/c1-15(2)14-28(13-12-27-10-8-25(6)9-11-27)20-22-16-17(19(29)23-20)26(7)24-18(16)21(3,4)5/h15H,8-14H2,1-7H3,(H,22,23,29). The molecule has 8 heteroatoms. The van der Waals surface area contributed by atoms with Crippen LogP contribution in [0.25, 0.3) is 11.0 Å². The number of hydrogen-bond acceptors (Lipinski definition) is 6. The first-order valence-electron chi connectivity index (χ1n) is 10.7. The predicted molar refractivity (Wildman–Crippen MR) is 119 cm³/mol. The number of anilines is 1. The molecule has 0 amide bonds. The molecule has 0 unspecified atom stereocenters. The van der Waals surface area contributed by atoms with Gasteiger partial charge in [-0.1, -0.05) is 34.6 Å². The van der Waals surface area contributed by atoms with Gasteiger partial charge in [0.15, 0.2) is 5.52 Å². The van der Waals surface area contributed by atoms with Crippen LogP contribution in [0.3, 0.4) is 0 Å². The van der Waals surface area contributed by atoms with Crippen molar-refractivity contribution in [1.29, 1.82) is 0 Å². The predicted octanol–water partition coefficient (Wildman–Crippen LogP) is 1.66. The number of rotatable bonds is 6. The maximum absolute atomic E-state index is 12.9. The van der Waals surface area contributed by atoms with Gasteiger partial charge in [-0.2, -0.15) is 5.10 Å². The molecule has 0 radical (unpaired) electrons. The summed E-state index contributed by atoms with van der Waals surface area (Å²) < 4.78 is 1.66. The maximum atomic E-state index is 12.9. The van der Waals surface area contributed by atoms with Crippen molar-refractivity contribution >= 4 is 17.0 Å². The van der Waals surface area contributed by atoms with Crippen molar-refractivity contribution < 1.29 is 0 Å². The molecule has 0 atom stereocenters. The highest BCUT2D eigenvalue weighted by Crippen LogP contribution is 2.27. The molecule has 0 bridgehead atoms. The second-order valence-corrected chi connectivity index (χ2v) is 9.79. The second-order valence-electron chi connectivity index (χ2n) is 9.79. The van der Waals surface area contributed by atoms with Crippen LogP contribution in [-0.2, 0) is 12.5 Å². The molecule has 0 aliphatic carbocycles. The number of fused-ring (bicyclic) bond motifs is 1. The molecule has 1 saturated heterocycles. The zero-order chi connectivity index (χ0) is 21.3. The van der Waals surface area contributed by atoms with Crippen molar-refractivity contribution in [3.05, 3.63) is 16.0 Å². The average Bonchev–Trinajstić information content (AvgIpc) is 2.97. The summed E-state index contributed by atoms with van der Waals surface area (Å²) >= 11 is 0. The lowest BCUT2D eigenvalue weighted by Crippen LogP contribution is -2.47. The Bertz CT molecular complexity index is 885. The summed E-state index contributed by atoms with van der Waals surface area (Å²) in [5.74, 6) is 1.13. The summed E-state index contributed by atoms with van der Waals surface area (Å²) in [4.78, 5) is 27.9. The Kier molecular flexibility index (Phi) is 6.33. The van der Waals surface area contributed by atoms with E-state index in [0.29, 0.717) is 22.9 Å². The third-order valence-electron chi connectivity index (χ3n) is 5.56. The zero-order valence-corrected chi connectivity index (χ0v) is 19.1. The van der Waals surface area contributed by atoms with Crippen molar-refractivity contribution in [2.75, 3.05) is 57.8 Å². The molecule has 1 N–H and O–H groups in total. The van der Waals surface area contributed by atoms with Crippen molar-refractivity contribution in [3.8, 4) is 0 Å². The quantitative estimate of drug-likeness (QED) is 0.791. The number of aromatic amines is 1. The molecule has 3 rings (SSSR count). The SMILES string of the molecule is CC(C)CN(CCN1CCN(C)CC1)c1nc2c(C(C)(C)C)nn(C)c2c(=O)[nH]1. The van der Waals surface area contributed by atoms with E-state index in [9.17, 15) is 4.79 Å². The lowest BCUT2D eigenvalue weighted by molar-refractivity contribution is 0.156. The summed E-state index contributed by atoms with van der Waals surface area (Å²) in [7, 11) is 3.99. The normalized spacial score (nSPS) is 16.8. The average molecular weight is 404 g/mol. The van der Waals surface area contributed by atoms with Gasteiger partial charge >= 0.3 is 0 Å². The molecular formula is C21H37N7O. The van der Waals surface area contributed by atoms with E-state index in [1.807, 2.05) is 7.05 Å². The van der Waals surface area contributed by atoms with Crippen LogP contribution in [0, 0.1) is 5.92 Å². The largest absolute Gasteiger partial charge is 0.341 e. The molecule has 29 heavy (non-hydrogen) atoms. The molecule has 0 spiro atoms. The molecule has 1 aliphatic rings. The van der Waals surface area contributed by atoms with Crippen LogP contribution < -0.4 is 10.5 Å². The van der Waals surface area contributed by atoms with Crippen LogP contribution in [0.2, 0.25) is 0 Å². The lowest BCUT2D eigenvalue weighted by atomic mass is 9.91. The number of aryl methyl sites for hydroxylation is 1. The summed E-state index contributed by atoms with van der Waals surface area (Å²) in [5.41, 5.74) is 1.82. The molecule has 1 aliphatic heterocycles. The fourth-order valence-electron chi connectivity index (χ4n) is 3.88. The number of H-pyrrole nitrogens is 1. The summed E-state index contributed by atoms with van der Waals surface area (Å²) in [6.45, 7) is 17.8. The molecule has 2 aromatic rings. The lowest BCUT2D eigenvalue weighted by Gasteiger charge is -2.34. The van der Waals surface area contributed by atoms with Gasteiger partial charge in [-0.15, -0.1) is 0 Å². The highest BCUT2D eigenvalue weighted by atomic mass is 16.1. The van der Waals surface area contributed by atoms with Gasteiger partial charge in [0.25, 0.3) is 5.56 Å². The monoisotopic (exact) mass is 403 g/mol. The van der Waals surface area contributed by atoms with Crippen LogP contribution in [0.1, 0.15) is 40.3 Å². The highest BCUT2D eigenvalue weighted by Gasteiger charge is 2.26. The molecule has 2 aromatic heterocycles. The highest BCUT2D eigenvalue weighted by molar-refractivity contribution is 5.78. The first kappa shape index (κ1) is 21.8. The van der Waals surface area contributed by atoms with Crippen LogP contribution in [0.5, 0.6) is 0 Å². The van der Waals surface area contributed by atoms with Crippen molar-refractivity contribution in [3.63, 3.8) is 0 Å². The number of aromatic nitrogens is 4. The van der Waals surface area contributed by atoms with E-state index >= 15 is 0 Å². The van der Waals surface area contributed by atoms with Gasteiger partial charge in [0.2, 0.25) is 5.95 Å². The minimum Gasteiger partial charge on any atom is -0.341 e. The maximum Gasteiger partial charge on any atom is 0.278 e. The molecule has 0 aromatic carbocycles. The molecule has 0 saturated carbocycles. The van der Waals surface area contributed by atoms with Gasteiger partial charge in [0.05, 0.1) is 5.69 Å². The fourth-order valence-corrected chi connectivity index (χ4v) is 3.88. The number of piperazine rings is 1. The van der Waals surface area contributed by atoms with Gasteiger partial charge in [0, 0.05) is 58.3 Å². The van der Waals surface area contributed by atoms with Gasteiger partial charge in [-0.3, -0.25) is 19.4 Å². The molecule has 3 heterocycles. The fraction of sp³-hybridized carbons (Fsp3) is 0.762. The minimum absolute atomic E-state index is 0.121. The van der Waals surface area contributed by atoms with Crippen LogP contribution in [-0.4, -0.2) is 82.4 Å². The Hall–Kier alpha value is -1.93. The third kappa shape index (κ3) is 4.98. The van der Waals surface area contributed by atoms with Crippen molar-refractivity contribution in [1.82, 2.24) is 29.5 Å². The summed E-state index contributed by atoms with van der Waals surface area (Å²) in [6, 6.07) is 0. The van der Waals surface area contributed by atoms with E-state index < -0.39 is 0 Å². The van der Waals surface area contributed by atoms with Gasteiger partial charge < -0.3 is 9.80 Å². The van der Waals surface area contributed by atoms with E-state index in [1.54, 1.807) is 4.68 Å². The van der Waals surface area contributed by atoms with E-state index in [0.717, 1.165) is 51.5 Å². The van der Waals surface area contributed by atoms with Gasteiger partial charge in [-0.25, -0.2) is 4.98 Å². The minimum atomic E-state index is -0.180. The Balaban J connectivity index is 1.91. The van der Waals surface area contributed by atoms with Crippen LogP contribution in [0.15, 0.2) is 4.79 Å². The van der Waals surface area contributed by atoms with E-state index in [-0.39, 0.29) is 11.0 Å². The number of likely N-dealkylation sites (N-methyl/N-ethyl adjacent to an activating group) is 1. The smallest absolute Gasteiger partial charge is 0.278 e. The number of hydrogen-bond donors (Lipinski definition) is 1. The van der Waals surface area contributed by atoms with Crippen LogP contribution in [0.4, 0.5) is 5.95 Å². The van der Waals surface area contributed by atoms with E-state index in [4.69, 9.17) is 4.98 Å². The third-order valence-corrected chi connectivity index (χ3v) is 5.56. The number of nitrogens with zero attached hydrogens (tertiary/aromatic N) is 6. The van der Waals surface area contributed by atoms with Crippen molar-refractivity contribution in [2.45, 2.75) is 40.0 Å². The van der Waals surface area contributed by atoms with Gasteiger partial charge in [-0.05, 0) is 13.0 Å². The Labute approximate surface area is 173 Å². The molecule has 8 nitrogen and oxygen atoms in total. The Morgan fingerprint density at radius 2 is 1.79 bits per heavy atom. The number of nitrogens with one attached hydrogen (secondary N) is 1. The Morgan fingerprint density at radius 3 is 2.38 bits per heavy atom.